The molecule has 2 aromatic rings. The number of nitrogens with one attached hydrogen (secondary N) is 4. The van der Waals surface area contributed by atoms with Crippen molar-refractivity contribution in [2.24, 2.45) is 20.2 Å². The fourth-order valence-electron chi connectivity index (χ4n) is 2.44. The van der Waals surface area contributed by atoms with Crippen LogP contribution in [0.4, 0.5) is 0 Å². The van der Waals surface area contributed by atoms with Crippen LogP contribution in [0.3, 0.4) is 0 Å². The molecule has 4 heterocycles. The van der Waals surface area contributed by atoms with E-state index in [9.17, 15) is 0 Å². The summed E-state index contributed by atoms with van der Waals surface area (Å²) >= 11 is 0. The minimum absolute atomic E-state index is 0.687. The quantitative estimate of drug-likeness (QED) is 0.426. The molecule has 0 radical (unpaired) electrons. The first-order valence-corrected chi connectivity index (χ1v) is 8.00. The van der Waals surface area contributed by atoms with E-state index >= 15 is 0 Å². The maximum Gasteiger partial charge on any atom is 0.212 e. The van der Waals surface area contributed by atoms with Crippen molar-refractivity contribution in [1.82, 2.24) is 30.9 Å². The van der Waals surface area contributed by atoms with E-state index < -0.39 is 0 Å². The molecule has 2 aliphatic rings. The summed E-state index contributed by atoms with van der Waals surface area (Å²) in [5.74, 6) is 1.39. The summed E-state index contributed by atoms with van der Waals surface area (Å²) in [6, 6.07) is 3.88. The first-order chi connectivity index (χ1) is 12.4. The Hall–Kier alpha value is -3.43. The van der Waals surface area contributed by atoms with E-state index in [4.69, 9.17) is 0 Å². The highest BCUT2D eigenvalue weighted by molar-refractivity contribution is 5.85. The highest BCUT2D eigenvalue weighted by Gasteiger charge is 2.04. The molecule has 0 unspecified atom stereocenters. The molecule has 4 rings (SSSR count). The van der Waals surface area contributed by atoms with E-state index in [1.165, 1.54) is 0 Å². The van der Waals surface area contributed by atoms with Gasteiger partial charge in [-0.15, -0.1) is 0 Å². The van der Waals surface area contributed by atoms with Gasteiger partial charge < -0.3 is 15.0 Å². The molecule has 0 bridgehead atoms. The zero-order valence-electron chi connectivity index (χ0n) is 13.5. The molecule has 128 valence electrons. The molecule has 0 saturated carbocycles. The van der Waals surface area contributed by atoms with Crippen molar-refractivity contribution in [1.29, 1.82) is 0 Å². The van der Waals surface area contributed by atoms with Crippen molar-refractivity contribution in [3.8, 4) is 0 Å². The lowest BCUT2D eigenvalue weighted by molar-refractivity contribution is 0.919. The largest absolute Gasteiger partial charge is 0.353 e. The summed E-state index contributed by atoms with van der Waals surface area (Å²) in [4.78, 5) is 12.9. The maximum atomic E-state index is 4.49. The van der Waals surface area contributed by atoms with Gasteiger partial charge in [-0.3, -0.25) is 0 Å². The molecule has 0 fully saturated rings. The third-order valence-electron chi connectivity index (χ3n) is 3.59. The lowest BCUT2D eigenvalue weighted by Gasteiger charge is -1.99. The molecule has 10 nitrogen and oxygen atoms in total. The maximum absolute atomic E-state index is 4.49. The van der Waals surface area contributed by atoms with Crippen molar-refractivity contribution in [2.45, 2.75) is 0 Å². The van der Waals surface area contributed by atoms with Gasteiger partial charge in [-0.1, -0.05) is 0 Å². The molecule has 0 aliphatic carbocycles. The number of rotatable bonds is 4. The Morgan fingerprint density at radius 3 is 2.36 bits per heavy atom. The van der Waals surface area contributed by atoms with Crippen molar-refractivity contribution >= 4 is 30.0 Å². The van der Waals surface area contributed by atoms with E-state index in [0.717, 1.165) is 43.1 Å². The summed E-state index contributed by atoms with van der Waals surface area (Å²) in [6.45, 7) is 3.24. The van der Waals surface area contributed by atoms with Gasteiger partial charge in [-0.05, 0) is 12.1 Å². The van der Waals surface area contributed by atoms with Gasteiger partial charge in [0.15, 0.2) is 0 Å². The normalized spacial score (nSPS) is 17.0. The number of guanidine groups is 2. The topological polar surface area (TPSA) is 115 Å². The number of hydrogen-bond donors (Lipinski definition) is 4. The first kappa shape index (κ1) is 15.1. The Morgan fingerprint density at radius 2 is 1.68 bits per heavy atom. The fraction of sp³-hybridized carbons (Fsp3) is 0.267. The third kappa shape index (κ3) is 3.74. The van der Waals surface area contributed by atoms with Crippen molar-refractivity contribution in [3.63, 3.8) is 0 Å². The van der Waals surface area contributed by atoms with E-state index in [1.54, 1.807) is 12.4 Å². The summed E-state index contributed by atoms with van der Waals surface area (Å²) in [5, 5.41) is 14.5. The minimum Gasteiger partial charge on any atom is -0.353 e. The van der Waals surface area contributed by atoms with Crippen LogP contribution in [0.5, 0.6) is 0 Å². The van der Waals surface area contributed by atoms with Gasteiger partial charge in [0.1, 0.15) is 11.3 Å². The number of fused-ring (bicyclic) bond motifs is 1. The molecule has 10 heteroatoms. The molecular weight excluding hydrogens is 320 g/mol. The highest BCUT2D eigenvalue weighted by atomic mass is 15.4. The fourth-order valence-corrected chi connectivity index (χ4v) is 2.44. The van der Waals surface area contributed by atoms with Crippen LogP contribution in [0.15, 0.2) is 44.7 Å². The molecular formula is C15H18N10. The lowest BCUT2D eigenvalue weighted by atomic mass is 10.3. The number of nitrogens with zero attached hydrogens (tertiary/aromatic N) is 6. The smallest absolute Gasteiger partial charge is 0.212 e. The summed E-state index contributed by atoms with van der Waals surface area (Å²) in [7, 11) is 0. The molecule has 0 saturated heterocycles. The van der Waals surface area contributed by atoms with Crippen molar-refractivity contribution in [3.05, 3.63) is 35.8 Å². The van der Waals surface area contributed by atoms with Crippen molar-refractivity contribution in [2.75, 3.05) is 26.2 Å². The van der Waals surface area contributed by atoms with Gasteiger partial charge in [0, 0.05) is 31.0 Å². The Kier molecular flexibility index (Phi) is 4.23. The molecule has 2 aliphatic heterocycles. The standard InChI is InChI=1S/C15H18N10/c1-2-13-22-12(8-21-24-15-18-5-6-19-15)10-25(13)9-11(1)7-20-23-14-16-3-4-17-14/h1-2,7-10H,3-6H2,(H2,16,17,23)(H2,18,19,24). The number of aliphatic imine (C=N–C) groups is 2. The summed E-state index contributed by atoms with van der Waals surface area (Å²) in [5.41, 5.74) is 8.26. The lowest BCUT2D eigenvalue weighted by Crippen LogP contribution is -2.30. The van der Waals surface area contributed by atoms with Crippen LogP contribution < -0.4 is 21.5 Å². The van der Waals surface area contributed by atoms with Gasteiger partial charge in [-0.25, -0.2) is 25.8 Å². The number of hydrazone groups is 2. The molecule has 4 N–H and O–H groups in total. The number of pyridine rings is 1. The molecule has 25 heavy (non-hydrogen) atoms. The van der Waals surface area contributed by atoms with Gasteiger partial charge in [-0.2, -0.15) is 10.2 Å². The van der Waals surface area contributed by atoms with Crippen LogP contribution in [0.25, 0.3) is 5.65 Å². The predicted octanol–water partition coefficient (Wildman–Crippen LogP) is -0.900. The Labute approximate surface area is 143 Å². The summed E-state index contributed by atoms with van der Waals surface area (Å²) < 4.78 is 1.93. The van der Waals surface area contributed by atoms with Crippen molar-refractivity contribution < 1.29 is 0 Å². The van der Waals surface area contributed by atoms with Crippen LogP contribution in [0.1, 0.15) is 11.3 Å². The number of aromatic nitrogens is 2. The number of hydrogen-bond acceptors (Lipinski definition) is 9. The third-order valence-corrected chi connectivity index (χ3v) is 3.59. The van der Waals surface area contributed by atoms with Crippen LogP contribution in [0.2, 0.25) is 0 Å². The highest BCUT2D eigenvalue weighted by Crippen LogP contribution is 2.05. The summed E-state index contributed by atoms with van der Waals surface area (Å²) in [6.07, 6.45) is 7.25. The SMILES string of the molecule is C(=NNC1=NCCN1)c1ccc2nc(C=NNC3=NCCN3)cn2c1. The Balaban J connectivity index is 1.41. The zero-order valence-corrected chi connectivity index (χ0v) is 13.5. The van der Waals surface area contributed by atoms with E-state index in [1.807, 2.05) is 28.9 Å². The molecule has 0 amide bonds. The van der Waals surface area contributed by atoms with Crippen LogP contribution in [0, 0.1) is 0 Å². The average molecular weight is 338 g/mol. The molecule has 0 aromatic carbocycles. The second-order valence-electron chi connectivity index (χ2n) is 5.45. The molecule has 2 aromatic heterocycles. The van der Waals surface area contributed by atoms with Gasteiger partial charge in [0.2, 0.25) is 11.9 Å². The van der Waals surface area contributed by atoms with E-state index in [0.29, 0.717) is 11.9 Å². The van der Waals surface area contributed by atoms with Gasteiger partial charge >= 0.3 is 0 Å². The average Bonchev–Trinajstić information content (AvgIpc) is 3.36. The van der Waals surface area contributed by atoms with Gasteiger partial charge in [0.05, 0.1) is 25.5 Å². The second kappa shape index (κ2) is 6.99. The Morgan fingerprint density at radius 1 is 0.960 bits per heavy atom. The predicted molar refractivity (Wildman–Crippen MR) is 97.3 cm³/mol. The van der Waals surface area contributed by atoms with E-state index in [2.05, 4.69) is 46.7 Å². The molecule has 0 spiro atoms. The second-order valence-corrected chi connectivity index (χ2v) is 5.45. The zero-order chi connectivity index (χ0) is 16.9. The van der Waals surface area contributed by atoms with E-state index in [-0.39, 0.29) is 0 Å². The number of imidazole rings is 1. The monoisotopic (exact) mass is 338 g/mol. The molecule has 0 atom stereocenters. The van der Waals surface area contributed by atoms with Gasteiger partial charge in [0.25, 0.3) is 0 Å². The van der Waals surface area contributed by atoms with Crippen LogP contribution >= 0.6 is 0 Å². The van der Waals surface area contributed by atoms with Crippen LogP contribution in [-0.2, 0) is 0 Å². The Bertz CT molecular complexity index is 842. The van der Waals surface area contributed by atoms with Crippen LogP contribution in [-0.4, -0.2) is 59.9 Å². The first-order valence-electron chi connectivity index (χ1n) is 8.00. The minimum atomic E-state index is 0.687.